The lowest BCUT2D eigenvalue weighted by Gasteiger charge is -1.88. The molecule has 0 atom stereocenters. The Labute approximate surface area is 58.3 Å². The van der Waals surface area contributed by atoms with Crippen LogP contribution in [-0.2, 0) is 6.00 Å². The van der Waals surface area contributed by atoms with Crippen molar-refractivity contribution in [3.05, 3.63) is 24.0 Å². The van der Waals surface area contributed by atoms with E-state index in [1.807, 2.05) is 6.07 Å². The van der Waals surface area contributed by atoms with Gasteiger partial charge in [0.15, 0.2) is 0 Å². The van der Waals surface area contributed by atoms with Gasteiger partial charge < -0.3 is 4.57 Å². The fraction of sp³-hybridized carbons (Fsp3) is 0.167. The van der Waals surface area contributed by atoms with Gasteiger partial charge in [-0.15, -0.1) is 11.6 Å². The molecule has 9 heavy (non-hydrogen) atoms. The summed E-state index contributed by atoms with van der Waals surface area (Å²) in [5, 5.41) is 8.34. The molecule has 0 N–H and O–H groups in total. The Morgan fingerprint density at radius 3 is 2.89 bits per heavy atom. The van der Waals surface area contributed by atoms with Crippen LogP contribution in [0, 0.1) is 11.3 Å². The molecule has 46 valence electrons. The van der Waals surface area contributed by atoms with E-state index in [1.54, 1.807) is 23.0 Å². The van der Waals surface area contributed by atoms with Crippen molar-refractivity contribution >= 4 is 11.6 Å². The van der Waals surface area contributed by atoms with Crippen LogP contribution in [0.1, 0.15) is 5.56 Å². The van der Waals surface area contributed by atoms with E-state index in [2.05, 4.69) is 0 Å². The molecule has 1 aromatic heterocycles. The molecule has 0 saturated carbocycles. The summed E-state index contributed by atoms with van der Waals surface area (Å²) in [7, 11) is 0. The maximum Gasteiger partial charge on any atom is 0.101 e. The lowest BCUT2D eigenvalue weighted by atomic mass is 10.4. The predicted octanol–water partition coefficient (Wildman–Crippen LogP) is 1.56. The highest BCUT2D eigenvalue weighted by molar-refractivity contribution is 6.15. The molecule has 1 rings (SSSR count). The van der Waals surface area contributed by atoms with Crippen LogP contribution in [0.2, 0.25) is 0 Å². The Morgan fingerprint density at radius 1 is 1.78 bits per heavy atom. The van der Waals surface area contributed by atoms with E-state index in [0.717, 1.165) is 0 Å². The van der Waals surface area contributed by atoms with E-state index in [1.165, 1.54) is 0 Å². The van der Waals surface area contributed by atoms with Crippen molar-refractivity contribution in [2.24, 2.45) is 0 Å². The Balaban J connectivity index is 2.90. The molecule has 0 amide bonds. The minimum atomic E-state index is 0.404. The van der Waals surface area contributed by atoms with E-state index >= 15 is 0 Å². The van der Waals surface area contributed by atoms with Gasteiger partial charge in [0.05, 0.1) is 11.6 Å². The molecular formula is C6H5ClN2. The van der Waals surface area contributed by atoms with Crippen LogP contribution in [0.4, 0.5) is 0 Å². The van der Waals surface area contributed by atoms with E-state index in [9.17, 15) is 0 Å². The summed E-state index contributed by atoms with van der Waals surface area (Å²) >= 11 is 5.45. The number of nitriles is 1. The Morgan fingerprint density at radius 2 is 2.56 bits per heavy atom. The molecule has 0 spiro atoms. The van der Waals surface area contributed by atoms with Gasteiger partial charge in [0, 0.05) is 12.4 Å². The lowest BCUT2D eigenvalue weighted by Crippen LogP contribution is -1.83. The fourth-order valence-corrected chi connectivity index (χ4v) is 0.730. The zero-order chi connectivity index (χ0) is 6.69. The van der Waals surface area contributed by atoms with Crippen molar-refractivity contribution in [3.8, 4) is 6.07 Å². The molecule has 0 fully saturated rings. The molecular weight excluding hydrogens is 136 g/mol. The number of hydrogen-bond acceptors (Lipinski definition) is 1. The quantitative estimate of drug-likeness (QED) is 0.545. The second-order valence-corrected chi connectivity index (χ2v) is 1.88. The summed E-state index contributed by atoms with van der Waals surface area (Å²) < 4.78 is 1.74. The van der Waals surface area contributed by atoms with Crippen molar-refractivity contribution in [1.29, 1.82) is 5.26 Å². The number of rotatable bonds is 1. The zero-order valence-electron chi connectivity index (χ0n) is 4.71. The number of hydrogen-bond donors (Lipinski definition) is 0. The predicted molar refractivity (Wildman–Crippen MR) is 35.0 cm³/mol. The molecule has 0 aromatic carbocycles. The molecule has 2 nitrogen and oxygen atoms in total. The monoisotopic (exact) mass is 140 g/mol. The summed E-state index contributed by atoms with van der Waals surface area (Å²) in [6.07, 6.45) is 3.47. The minimum Gasteiger partial charge on any atom is -0.339 e. The molecule has 0 aliphatic heterocycles. The number of aromatic nitrogens is 1. The second kappa shape index (κ2) is 2.56. The first-order chi connectivity index (χ1) is 4.36. The summed E-state index contributed by atoms with van der Waals surface area (Å²) in [4.78, 5) is 0. The van der Waals surface area contributed by atoms with Crippen LogP contribution < -0.4 is 0 Å². The molecule has 0 bridgehead atoms. The van der Waals surface area contributed by atoms with Gasteiger partial charge in [-0.1, -0.05) is 0 Å². The Hall–Kier alpha value is -0.940. The van der Waals surface area contributed by atoms with Gasteiger partial charge in [-0.2, -0.15) is 5.26 Å². The first-order valence-electron chi connectivity index (χ1n) is 2.48. The summed E-state index contributed by atoms with van der Waals surface area (Å²) in [6.45, 7) is 0. The normalized spacial score (nSPS) is 8.89. The summed E-state index contributed by atoms with van der Waals surface area (Å²) in [5.74, 6) is 0. The van der Waals surface area contributed by atoms with E-state index in [-0.39, 0.29) is 0 Å². The average molecular weight is 141 g/mol. The maximum absolute atomic E-state index is 8.34. The number of alkyl halides is 1. The summed E-state index contributed by atoms with van der Waals surface area (Å²) in [6, 6.07) is 4.13. The second-order valence-electron chi connectivity index (χ2n) is 1.65. The lowest BCUT2D eigenvalue weighted by molar-refractivity contribution is 0.892. The Kier molecular flexibility index (Phi) is 1.76. The molecule has 1 aromatic rings. The van der Waals surface area contributed by atoms with Crippen LogP contribution in [0.25, 0.3) is 0 Å². The third-order valence-corrected chi connectivity index (χ3v) is 1.29. The maximum atomic E-state index is 8.34. The molecule has 0 radical (unpaired) electrons. The van der Waals surface area contributed by atoms with Crippen LogP contribution in [-0.4, -0.2) is 4.57 Å². The molecule has 0 unspecified atom stereocenters. The number of halogens is 1. The first-order valence-corrected chi connectivity index (χ1v) is 3.02. The molecule has 0 saturated heterocycles. The van der Waals surface area contributed by atoms with Crippen LogP contribution in [0.15, 0.2) is 18.5 Å². The summed E-state index contributed by atoms with van der Waals surface area (Å²) in [5.41, 5.74) is 0.649. The van der Waals surface area contributed by atoms with Gasteiger partial charge in [0.25, 0.3) is 0 Å². The highest BCUT2D eigenvalue weighted by Gasteiger charge is 1.90. The Bertz CT molecular complexity index is 233. The minimum absolute atomic E-state index is 0.404. The van der Waals surface area contributed by atoms with Crippen molar-refractivity contribution in [2.75, 3.05) is 0 Å². The first kappa shape index (κ1) is 6.18. The standard InChI is InChI=1S/C6H5ClN2/c7-5-9-2-1-6(3-8)4-9/h1-2,4H,5H2. The van der Waals surface area contributed by atoms with E-state index in [0.29, 0.717) is 11.6 Å². The highest BCUT2D eigenvalue weighted by Crippen LogP contribution is 1.99. The average Bonchev–Trinajstić information content (AvgIpc) is 2.34. The van der Waals surface area contributed by atoms with E-state index in [4.69, 9.17) is 16.9 Å². The van der Waals surface area contributed by atoms with Crippen molar-refractivity contribution in [2.45, 2.75) is 6.00 Å². The van der Waals surface area contributed by atoms with Crippen molar-refractivity contribution in [3.63, 3.8) is 0 Å². The third-order valence-electron chi connectivity index (χ3n) is 1.02. The van der Waals surface area contributed by atoms with Crippen LogP contribution in [0.3, 0.4) is 0 Å². The van der Waals surface area contributed by atoms with Gasteiger partial charge in [-0.05, 0) is 6.07 Å². The van der Waals surface area contributed by atoms with Gasteiger partial charge in [-0.25, -0.2) is 0 Å². The fourth-order valence-electron chi connectivity index (χ4n) is 0.581. The van der Waals surface area contributed by atoms with Crippen molar-refractivity contribution < 1.29 is 0 Å². The van der Waals surface area contributed by atoms with Gasteiger partial charge in [0.2, 0.25) is 0 Å². The molecule has 0 aliphatic rings. The van der Waals surface area contributed by atoms with Gasteiger partial charge >= 0.3 is 0 Å². The molecule has 1 heterocycles. The third kappa shape index (κ3) is 1.24. The van der Waals surface area contributed by atoms with E-state index < -0.39 is 0 Å². The van der Waals surface area contributed by atoms with Crippen LogP contribution in [0.5, 0.6) is 0 Å². The topological polar surface area (TPSA) is 28.7 Å². The smallest absolute Gasteiger partial charge is 0.101 e. The molecule has 3 heteroatoms. The zero-order valence-corrected chi connectivity index (χ0v) is 5.47. The van der Waals surface area contributed by atoms with Gasteiger partial charge in [0.1, 0.15) is 6.07 Å². The molecule has 0 aliphatic carbocycles. The van der Waals surface area contributed by atoms with Crippen LogP contribution >= 0.6 is 11.6 Å². The highest BCUT2D eigenvalue weighted by atomic mass is 35.5. The van der Waals surface area contributed by atoms with Crippen molar-refractivity contribution in [1.82, 2.24) is 4.57 Å². The largest absolute Gasteiger partial charge is 0.339 e. The SMILES string of the molecule is N#Cc1ccn(CCl)c1. The van der Waals surface area contributed by atoms with Gasteiger partial charge in [-0.3, -0.25) is 0 Å². The number of nitrogens with zero attached hydrogens (tertiary/aromatic N) is 2.